The molecule has 1 saturated heterocycles. The topological polar surface area (TPSA) is 63.7 Å². The number of nitrogens with zero attached hydrogens (tertiary/aromatic N) is 1. The van der Waals surface area contributed by atoms with Gasteiger partial charge in [-0.2, -0.15) is 8.42 Å². The second kappa shape index (κ2) is 4.27. The van der Waals surface area contributed by atoms with Crippen molar-refractivity contribution < 1.29 is 17.4 Å². The van der Waals surface area contributed by atoms with Crippen LogP contribution in [0, 0.1) is 0 Å². The van der Waals surface area contributed by atoms with Gasteiger partial charge in [0, 0.05) is 19.5 Å². The lowest BCUT2D eigenvalue weighted by Crippen LogP contribution is -2.29. The van der Waals surface area contributed by atoms with Gasteiger partial charge < -0.3 is 4.90 Å². The number of rotatable bonds is 3. The predicted octanol–water partition coefficient (Wildman–Crippen LogP) is -0.0265. The van der Waals surface area contributed by atoms with Gasteiger partial charge in [0.2, 0.25) is 5.91 Å². The van der Waals surface area contributed by atoms with Gasteiger partial charge in [-0.15, -0.1) is 0 Å². The summed E-state index contributed by atoms with van der Waals surface area (Å²) in [4.78, 5) is 12.9. The molecule has 1 atom stereocenters. The maximum absolute atomic E-state index is 11.2. The molecule has 0 N–H and O–H groups in total. The fraction of sp³-hybridized carbons (Fsp3) is 0.875. The lowest BCUT2D eigenvalue weighted by Gasteiger charge is -2.14. The summed E-state index contributed by atoms with van der Waals surface area (Å²) in [6, 6.07) is 0. The first-order valence-electron chi connectivity index (χ1n) is 4.58. The van der Waals surface area contributed by atoms with E-state index in [0.717, 1.165) is 6.26 Å². The van der Waals surface area contributed by atoms with Gasteiger partial charge in [-0.25, -0.2) is 0 Å². The first-order chi connectivity index (χ1) is 6.42. The van der Waals surface area contributed by atoms with Crippen LogP contribution >= 0.6 is 0 Å². The van der Waals surface area contributed by atoms with Gasteiger partial charge in [0.15, 0.2) is 0 Å². The van der Waals surface area contributed by atoms with Crippen molar-refractivity contribution in [2.24, 2.45) is 0 Å². The minimum atomic E-state index is -3.40. The van der Waals surface area contributed by atoms with E-state index in [4.69, 9.17) is 4.18 Å². The Hall–Kier alpha value is -0.620. The van der Waals surface area contributed by atoms with Crippen LogP contribution in [-0.2, 0) is 19.1 Å². The van der Waals surface area contributed by atoms with E-state index in [2.05, 4.69) is 0 Å². The highest BCUT2D eigenvalue weighted by Gasteiger charge is 2.28. The largest absolute Gasteiger partial charge is 0.340 e. The molecule has 0 aromatic carbocycles. The minimum absolute atomic E-state index is 0.0459. The Morgan fingerprint density at radius 3 is 2.71 bits per heavy atom. The van der Waals surface area contributed by atoms with E-state index >= 15 is 0 Å². The predicted molar refractivity (Wildman–Crippen MR) is 51.2 cm³/mol. The van der Waals surface area contributed by atoms with Gasteiger partial charge in [0.25, 0.3) is 10.1 Å². The maximum atomic E-state index is 11.2. The van der Waals surface area contributed by atoms with Crippen molar-refractivity contribution >= 4 is 16.0 Å². The fourth-order valence-electron chi connectivity index (χ4n) is 1.50. The van der Waals surface area contributed by atoms with Crippen molar-refractivity contribution in [1.29, 1.82) is 0 Å². The van der Waals surface area contributed by atoms with Crippen molar-refractivity contribution in [3.8, 4) is 0 Å². The zero-order valence-electron chi connectivity index (χ0n) is 8.39. The molecule has 1 aliphatic heterocycles. The molecule has 6 heteroatoms. The van der Waals surface area contributed by atoms with Crippen LogP contribution in [0.1, 0.15) is 19.8 Å². The number of amides is 1. The van der Waals surface area contributed by atoms with E-state index in [-0.39, 0.29) is 12.0 Å². The molecular formula is C8H15NO4S. The molecule has 0 bridgehead atoms. The normalized spacial score (nSPS) is 22.7. The molecule has 1 aliphatic rings. The van der Waals surface area contributed by atoms with Crippen molar-refractivity contribution in [3.05, 3.63) is 0 Å². The van der Waals surface area contributed by atoms with Crippen molar-refractivity contribution in [1.82, 2.24) is 4.90 Å². The smallest absolute Gasteiger partial charge is 0.264 e. The molecule has 14 heavy (non-hydrogen) atoms. The molecule has 1 unspecified atom stereocenters. The quantitative estimate of drug-likeness (QED) is 0.628. The Bertz CT molecular complexity index is 311. The molecule has 0 aromatic rings. The van der Waals surface area contributed by atoms with Crippen LogP contribution in [0.2, 0.25) is 0 Å². The summed E-state index contributed by atoms with van der Waals surface area (Å²) < 4.78 is 26.4. The van der Waals surface area contributed by atoms with E-state index in [1.807, 2.05) is 0 Å². The first-order valence-corrected chi connectivity index (χ1v) is 6.40. The second-order valence-corrected chi connectivity index (χ2v) is 5.01. The third kappa shape index (κ3) is 3.26. The van der Waals surface area contributed by atoms with Gasteiger partial charge in [0.1, 0.15) is 0 Å². The van der Waals surface area contributed by atoms with Crippen molar-refractivity contribution in [2.45, 2.75) is 25.9 Å². The third-order valence-electron chi connectivity index (χ3n) is 2.11. The summed E-state index contributed by atoms with van der Waals surface area (Å²) in [6.45, 7) is 2.76. The van der Waals surface area contributed by atoms with Crippen LogP contribution in [0.5, 0.6) is 0 Å². The summed E-state index contributed by atoms with van der Waals surface area (Å²) in [6.07, 6.45) is 1.71. The van der Waals surface area contributed by atoms with E-state index in [1.165, 1.54) is 0 Å². The fourth-order valence-corrected chi connectivity index (χ4v) is 2.16. The molecule has 0 radical (unpaired) electrons. The number of hydrogen-bond donors (Lipinski definition) is 0. The SMILES string of the molecule is CCC(=O)N1CCC(OS(C)(=O)=O)C1. The number of hydrogen-bond acceptors (Lipinski definition) is 4. The van der Waals surface area contributed by atoms with Crippen LogP contribution in [-0.4, -0.2) is 44.7 Å². The molecule has 0 spiro atoms. The van der Waals surface area contributed by atoms with Crippen LogP contribution in [0.4, 0.5) is 0 Å². The van der Waals surface area contributed by atoms with Crippen LogP contribution < -0.4 is 0 Å². The average Bonchev–Trinajstić information content (AvgIpc) is 2.48. The summed E-state index contributed by atoms with van der Waals surface area (Å²) >= 11 is 0. The molecule has 1 rings (SSSR count). The Morgan fingerprint density at radius 1 is 1.57 bits per heavy atom. The van der Waals surface area contributed by atoms with E-state index in [0.29, 0.717) is 25.9 Å². The monoisotopic (exact) mass is 221 g/mol. The van der Waals surface area contributed by atoms with Gasteiger partial charge in [-0.05, 0) is 6.42 Å². The molecule has 0 saturated carbocycles. The lowest BCUT2D eigenvalue weighted by molar-refractivity contribution is -0.130. The number of likely N-dealkylation sites (tertiary alicyclic amines) is 1. The highest BCUT2D eigenvalue weighted by Crippen LogP contribution is 2.15. The van der Waals surface area contributed by atoms with Crippen LogP contribution in [0.15, 0.2) is 0 Å². The van der Waals surface area contributed by atoms with Crippen molar-refractivity contribution in [2.75, 3.05) is 19.3 Å². The highest BCUT2D eigenvalue weighted by atomic mass is 32.2. The van der Waals surface area contributed by atoms with Gasteiger partial charge in [0.05, 0.1) is 12.4 Å². The highest BCUT2D eigenvalue weighted by molar-refractivity contribution is 7.86. The Kier molecular flexibility index (Phi) is 3.49. The molecule has 1 heterocycles. The zero-order valence-corrected chi connectivity index (χ0v) is 9.21. The van der Waals surface area contributed by atoms with Crippen LogP contribution in [0.3, 0.4) is 0 Å². The minimum Gasteiger partial charge on any atom is -0.340 e. The Morgan fingerprint density at radius 2 is 2.21 bits per heavy atom. The van der Waals surface area contributed by atoms with E-state index in [1.54, 1.807) is 11.8 Å². The molecule has 1 fully saturated rings. The van der Waals surface area contributed by atoms with Crippen LogP contribution in [0.25, 0.3) is 0 Å². The summed E-state index contributed by atoms with van der Waals surface area (Å²) in [5.74, 6) is 0.0459. The maximum Gasteiger partial charge on any atom is 0.264 e. The summed E-state index contributed by atoms with van der Waals surface area (Å²) in [7, 11) is -3.40. The van der Waals surface area contributed by atoms with Crippen molar-refractivity contribution in [3.63, 3.8) is 0 Å². The van der Waals surface area contributed by atoms with Gasteiger partial charge in [-0.1, -0.05) is 6.92 Å². The first kappa shape index (κ1) is 11.5. The zero-order chi connectivity index (χ0) is 10.8. The van der Waals surface area contributed by atoms with Gasteiger partial charge in [-0.3, -0.25) is 8.98 Å². The molecular weight excluding hydrogens is 206 g/mol. The Balaban J connectivity index is 2.46. The third-order valence-corrected chi connectivity index (χ3v) is 2.73. The number of carbonyl (C=O) groups is 1. The molecule has 5 nitrogen and oxygen atoms in total. The number of carbonyl (C=O) groups excluding carboxylic acids is 1. The lowest BCUT2D eigenvalue weighted by atomic mass is 10.3. The molecule has 0 aromatic heterocycles. The standard InChI is InChI=1S/C8H15NO4S/c1-3-8(10)9-5-4-7(6-9)13-14(2,11)12/h7H,3-6H2,1-2H3. The molecule has 0 aliphatic carbocycles. The average molecular weight is 221 g/mol. The summed E-state index contributed by atoms with van der Waals surface area (Å²) in [5.41, 5.74) is 0. The summed E-state index contributed by atoms with van der Waals surface area (Å²) in [5, 5.41) is 0. The molecule has 82 valence electrons. The second-order valence-electron chi connectivity index (χ2n) is 3.40. The molecule has 1 amide bonds. The Labute approximate surface area is 84.2 Å². The van der Waals surface area contributed by atoms with E-state index in [9.17, 15) is 13.2 Å². The van der Waals surface area contributed by atoms with Gasteiger partial charge >= 0.3 is 0 Å². The van der Waals surface area contributed by atoms with E-state index < -0.39 is 10.1 Å².